The average Bonchev–Trinajstić information content (AvgIpc) is 2.86. The molecule has 5 heteroatoms. The van der Waals surface area contributed by atoms with Crippen molar-refractivity contribution in [3.05, 3.63) is 42.0 Å². The Balaban J connectivity index is 2.30. The van der Waals surface area contributed by atoms with Crippen LogP contribution in [0.4, 0.5) is 0 Å². The Morgan fingerprint density at radius 3 is 2.63 bits per heavy atom. The van der Waals surface area contributed by atoms with Gasteiger partial charge in [0.25, 0.3) is 5.91 Å². The topological polar surface area (TPSA) is 51.0 Å². The first-order valence-corrected chi connectivity index (χ1v) is 6.25. The summed E-state index contributed by atoms with van der Waals surface area (Å²) < 4.78 is 1.64. The Morgan fingerprint density at radius 1 is 1.32 bits per heavy atom. The summed E-state index contributed by atoms with van der Waals surface area (Å²) in [5.41, 5.74) is 2.02. The van der Waals surface area contributed by atoms with Gasteiger partial charge >= 0.3 is 0 Å². The van der Waals surface area contributed by atoms with Gasteiger partial charge in [-0.25, -0.2) is 9.67 Å². The lowest BCUT2D eigenvalue weighted by atomic mass is 10.2. The van der Waals surface area contributed by atoms with Gasteiger partial charge in [0.2, 0.25) is 5.82 Å². The molecule has 0 atom stereocenters. The van der Waals surface area contributed by atoms with Crippen molar-refractivity contribution < 1.29 is 4.79 Å². The molecule has 0 saturated carbocycles. The van der Waals surface area contributed by atoms with Crippen LogP contribution in [0, 0.1) is 6.92 Å². The van der Waals surface area contributed by atoms with E-state index in [0.717, 1.165) is 11.3 Å². The minimum atomic E-state index is -0.165. The molecule has 0 aliphatic carbocycles. The molecule has 0 aliphatic rings. The van der Waals surface area contributed by atoms with Crippen molar-refractivity contribution in [1.82, 2.24) is 19.7 Å². The molecule has 1 aromatic heterocycles. The van der Waals surface area contributed by atoms with Crippen LogP contribution in [-0.2, 0) is 0 Å². The van der Waals surface area contributed by atoms with Crippen molar-refractivity contribution in [1.29, 1.82) is 0 Å². The highest BCUT2D eigenvalue weighted by Crippen LogP contribution is 2.12. The quantitative estimate of drug-likeness (QED) is 0.846. The molecular formula is C14H18N4O. The Labute approximate surface area is 112 Å². The standard InChI is InChI=1S/C14H18N4O/c1-10(2)17(4)14(19)13-15-9-18(16-13)12-8-6-5-7-11(12)3/h5-10H,1-4H3. The molecule has 19 heavy (non-hydrogen) atoms. The van der Waals surface area contributed by atoms with Gasteiger partial charge in [-0.3, -0.25) is 4.79 Å². The van der Waals surface area contributed by atoms with Gasteiger partial charge in [-0.05, 0) is 32.4 Å². The van der Waals surface area contributed by atoms with Gasteiger partial charge in [-0.2, -0.15) is 0 Å². The maximum absolute atomic E-state index is 12.1. The van der Waals surface area contributed by atoms with Crippen LogP contribution in [0.25, 0.3) is 5.69 Å². The van der Waals surface area contributed by atoms with Gasteiger partial charge in [0.05, 0.1) is 5.69 Å². The smallest absolute Gasteiger partial charge is 0.293 e. The monoisotopic (exact) mass is 258 g/mol. The van der Waals surface area contributed by atoms with Crippen molar-refractivity contribution >= 4 is 5.91 Å². The van der Waals surface area contributed by atoms with Crippen LogP contribution in [0.5, 0.6) is 0 Å². The fourth-order valence-electron chi connectivity index (χ4n) is 1.69. The van der Waals surface area contributed by atoms with E-state index < -0.39 is 0 Å². The van der Waals surface area contributed by atoms with E-state index in [1.54, 1.807) is 23.0 Å². The number of hydrogen-bond donors (Lipinski definition) is 0. The summed E-state index contributed by atoms with van der Waals surface area (Å²) in [4.78, 5) is 17.8. The minimum absolute atomic E-state index is 0.123. The molecular weight excluding hydrogens is 240 g/mol. The number of carbonyl (C=O) groups is 1. The molecule has 0 unspecified atom stereocenters. The number of amides is 1. The summed E-state index contributed by atoms with van der Waals surface area (Å²) in [6.07, 6.45) is 1.57. The second-order valence-corrected chi connectivity index (χ2v) is 4.81. The molecule has 0 spiro atoms. The third-order valence-corrected chi connectivity index (χ3v) is 3.14. The molecule has 1 amide bonds. The Kier molecular flexibility index (Phi) is 3.64. The van der Waals surface area contributed by atoms with Crippen LogP contribution in [0.2, 0.25) is 0 Å². The normalized spacial score (nSPS) is 10.8. The van der Waals surface area contributed by atoms with Crippen molar-refractivity contribution in [2.45, 2.75) is 26.8 Å². The molecule has 0 radical (unpaired) electrons. The van der Waals surface area contributed by atoms with Crippen LogP contribution >= 0.6 is 0 Å². The molecule has 5 nitrogen and oxygen atoms in total. The van der Waals surface area contributed by atoms with Gasteiger partial charge in [0.15, 0.2) is 0 Å². The largest absolute Gasteiger partial charge is 0.337 e. The molecule has 0 bridgehead atoms. The van der Waals surface area contributed by atoms with E-state index in [0.29, 0.717) is 0 Å². The number of carbonyl (C=O) groups excluding carboxylic acids is 1. The number of aryl methyl sites for hydroxylation is 1. The van der Waals surface area contributed by atoms with Gasteiger partial charge < -0.3 is 4.90 Å². The van der Waals surface area contributed by atoms with E-state index in [-0.39, 0.29) is 17.8 Å². The molecule has 1 aromatic carbocycles. The first kappa shape index (κ1) is 13.3. The van der Waals surface area contributed by atoms with Crippen molar-refractivity contribution in [2.24, 2.45) is 0 Å². The highest BCUT2D eigenvalue weighted by atomic mass is 16.2. The maximum Gasteiger partial charge on any atom is 0.293 e. The summed E-state index contributed by atoms with van der Waals surface area (Å²) >= 11 is 0. The molecule has 2 rings (SSSR count). The Bertz CT molecular complexity index is 589. The number of nitrogens with zero attached hydrogens (tertiary/aromatic N) is 4. The van der Waals surface area contributed by atoms with Crippen molar-refractivity contribution in [2.75, 3.05) is 7.05 Å². The second-order valence-electron chi connectivity index (χ2n) is 4.81. The minimum Gasteiger partial charge on any atom is -0.337 e. The number of benzene rings is 1. The lowest BCUT2D eigenvalue weighted by Crippen LogP contribution is -2.33. The SMILES string of the molecule is Cc1ccccc1-n1cnc(C(=O)N(C)C(C)C)n1. The highest BCUT2D eigenvalue weighted by molar-refractivity contribution is 5.90. The lowest BCUT2D eigenvalue weighted by molar-refractivity contribution is 0.0742. The van der Waals surface area contributed by atoms with Gasteiger partial charge in [0, 0.05) is 13.1 Å². The summed E-state index contributed by atoms with van der Waals surface area (Å²) in [5.74, 6) is 0.0572. The zero-order chi connectivity index (χ0) is 14.0. The van der Waals surface area contributed by atoms with Gasteiger partial charge in [0.1, 0.15) is 6.33 Å². The molecule has 100 valence electrons. The fourth-order valence-corrected chi connectivity index (χ4v) is 1.69. The number of hydrogen-bond acceptors (Lipinski definition) is 3. The van der Waals surface area contributed by atoms with Crippen LogP contribution in [0.3, 0.4) is 0 Å². The lowest BCUT2D eigenvalue weighted by Gasteiger charge is -2.19. The summed E-state index contributed by atoms with van der Waals surface area (Å²) in [7, 11) is 1.75. The zero-order valence-electron chi connectivity index (χ0n) is 11.7. The summed E-state index contributed by atoms with van der Waals surface area (Å²) in [6.45, 7) is 5.91. The van der Waals surface area contributed by atoms with E-state index in [1.807, 2.05) is 45.0 Å². The van der Waals surface area contributed by atoms with E-state index in [4.69, 9.17) is 0 Å². The molecule has 1 heterocycles. The number of aromatic nitrogens is 3. The third kappa shape index (κ3) is 2.65. The molecule has 0 saturated heterocycles. The first-order valence-electron chi connectivity index (χ1n) is 6.25. The van der Waals surface area contributed by atoms with Crippen LogP contribution < -0.4 is 0 Å². The van der Waals surface area contributed by atoms with E-state index in [9.17, 15) is 4.79 Å². The van der Waals surface area contributed by atoms with E-state index in [2.05, 4.69) is 10.1 Å². The Hall–Kier alpha value is -2.17. The third-order valence-electron chi connectivity index (χ3n) is 3.14. The van der Waals surface area contributed by atoms with Gasteiger partial charge in [-0.15, -0.1) is 5.10 Å². The van der Waals surface area contributed by atoms with Crippen LogP contribution in [0.1, 0.15) is 30.0 Å². The number of para-hydroxylation sites is 1. The average molecular weight is 258 g/mol. The number of rotatable bonds is 3. The van der Waals surface area contributed by atoms with E-state index >= 15 is 0 Å². The zero-order valence-corrected chi connectivity index (χ0v) is 11.7. The molecule has 0 fully saturated rings. The Morgan fingerprint density at radius 2 is 2.00 bits per heavy atom. The molecule has 0 N–H and O–H groups in total. The van der Waals surface area contributed by atoms with Crippen molar-refractivity contribution in [3.63, 3.8) is 0 Å². The predicted octanol–water partition coefficient (Wildman–Crippen LogP) is 2.06. The van der Waals surface area contributed by atoms with Gasteiger partial charge in [-0.1, -0.05) is 18.2 Å². The second kappa shape index (κ2) is 5.22. The summed E-state index contributed by atoms with van der Waals surface area (Å²) in [5, 5.41) is 4.26. The van der Waals surface area contributed by atoms with Crippen molar-refractivity contribution in [3.8, 4) is 5.69 Å². The predicted molar refractivity (Wildman–Crippen MR) is 73.3 cm³/mol. The van der Waals surface area contributed by atoms with Crippen LogP contribution in [0.15, 0.2) is 30.6 Å². The van der Waals surface area contributed by atoms with Crippen LogP contribution in [-0.4, -0.2) is 38.7 Å². The molecule has 0 aliphatic heterocycles. The maximum atomic E-state index is 12.1. The fraction of sp³-hybridized carbons (Fsp3) is 0.357. The highest BCUT2D eigenvalue weighted by Gasteiger charge is 2.19. The van der Waals surface area contributed by atoms with E-state index in [1.165, 1.54) is 0 Å². The summed E-state index contributed by atoms with van der Waals surface area (Å²) in [6, 6.07) is 7.97. The molecule has 2 aromatic rings. The first-order chi connectivity index (χ1) is 9.00.